The van der Waals surface area contributed by atoms with E-state index in [2.05, 4.69) is 41.0 Å². The third-order valence-electron chi connectivity index (χ3n) is 5.22. The van der Waals surface area contributed by atoms with E-state index in [1.165, 1.54) is 24.0 Å². The minimum Gasteiger partial charge on any atom is -0.372 e. The summed E-state index contributed by atoms with van der Waals surface area (Å²) < 4.78 is 16.3. The maximum absolute atomic E-state index is 5.45. The molecule has 0 saturated carbocycles. The third-order valence-corrected chi connectivity index (χ3v) is 5.22. The highest BCUT2D eigenvalue weighted by Crippen LogP contribution is 2.19. The van der Waals surface area contributed by atoms with Crippen LogP contribution in [0.25, 0.3) is 0 Å². The first kappa shape index (κ1) is 18.4. The number of hydrogen-bond donors (Lipinski definition) is 0. The summed E-state index contributed by atoms with van der Waals surface area (Å²) in [6, 6.07) is 9.09. The number of benzene rings is 1. The van der Waals surface area contributed by atoms with Gasteiger partial charge in [-0.2, -0.15) is 0 Å². The van der Waals surface area contributed by atoms with Crippen LogP contribution in [0.15, 0.2) is 24.3 Å². The lowest BCUT2D eigenvalue weighted by molar-refractivity contribution is 0.212. The van der Waals surface area contributed by atoms with E-state index in [4.69, 9.17) is 14.2 Å². The average molecular weight is 360 g/mol. The van der Waals surface area contributed by atoms with E-state index in [-0.39, 0.29) is 0 Å². The van der Waals surface area contributed by atoms with Gasteiger partial charge >= 0.3 is 0 Å². The highest BCUT2D eigenvalue weighted by molar-refractivity contribution is 5.23. The molecule has 3 aliphatic heterocycles. The molecular formula is C21H32N2O3. The molecule has 3 aliphatic rings. The fraction of sp³-hybridized carbons (Fsp3) is 0.714. The molecule has 1 aromatic carbocycles. The van der Waals surface area contributed by atoms with Gasteiger partial charge in [-0.05, 0) is 24.1 Å². The zero-order valence-corrected chi connectivity index (χ0v) is 15.9. The van der Waals surface area contributed by atoms with Crippen LogP contribution in [0.5, 0.6) is 0 Å². The summed E-state index contributed by atoms with van der Waals surface area (Å²) in [7, 11) is 0. The van der Waals surface area contributed by atoms with Crippen LogP contribution < -0.4 is 0 Å². The van der Waals surface area contributed by atoms with E-state index < -0.39 is 0 Å². The van der Waals surface area contributed by atoms with Gasteiger partial charge in [0.25, 0.3) is 0 Å². The van der Waals surface area contributed by atoms with E-state index in [0.29, 0.717) is 18.3 Å². The second kappa shape index (κ2) is 8.81. The maximum atomic E-state index is 5.45. The van der Waals surface area contributed by atoms with Crippen LogP contribution in [0.4, 0.5) is 0 Å². The molecule has 3 fully saturated rings. The quantitative estimate of drug-likeness (QED) is 0.505. The molecular weight excluding hydrogens is 328 g/mol. The Morgan fingerprint density at radius 1 is 0.846 bits per heavy atom. The summed E-state index contributed by atoms with van der Waals surface area (Å²) in [5, 5.41) is 0. The van der Waals surface area contributed by atoms with Crippen molar-refractivity contribution in [2.75, 3.05) is 46.0 Å². The molecule has 0 aliphatic carbocycles. The van der Waals surface area contributed by atoms with Crippen LogP contribution in [0.2, 0.25) is 0 Å². The SMILES string of the molecule is CCCCN(Cc1cccc(CN(CC2CO2)CC2CO2)c1)CC1CO1. The first-order valence-electron chi connectivity index (χ1n) is 10.2. The molecule has 0 amide bonds. The van der Waals surface area contributed by atoms with Gasteiger partial charge in [0.1, 0.15) is 0 Å². The lowest BCUT2D eigenvalue weighted by Crippen LogP contribution is -2.31. The lowest BCUT2D eigenvalue weighted by Gasteiger charge is -2.23. The highest BCUT2D eigenvalue weighted by atomic mass is 16.6. The molecule has 3 atom stereocenters. The van der Waals surface area contributed by atoms with Crippen molar-refractivity contribution in [1.82, 2.24) is 9.80 Å². The molecule has 5 heteroatoms. The van der Waals surface area contributed by atoms with Gasteiger partial charge in [0.2, 0.25) is 0 Å². The monoisotopic (exact) mass is 360 g/mol. The predicted octanol–water partition coefficient (Wildman–Crippen LogP) is 2.29. The van der Waals surface area contributed by atoms with E-state index in [1.807, 2.05) is 0 Å². The Balaban J connectivity index is 1.34. The average Bonchev–Trinajstić information content (AvgIpc) is 3.45. The molecule has 0 spiro atoms. The Labute approximate surface area is 157 Å². The second-order valence-electron chi connectivity index (χ2n) is 7.97. The van der Waals surface area contributed by atoms with Gasteiger partial charge < -0.3 is 14.2 Å². The molecule has 0 bridgehead atoms. The summed E-state index contributed by atoms with van der Waals surface area (Å²) in [6.45, 7) is 11.3. The topological polar surface area (TPSA) is 44.1 Å². The zero-order valence-electron chi connectivity index (χ0n) is 15.9. The van der Waals surface area contributed by atoms with Gasteiger partial charge in [0.05, 0.1) is 38.1 Å². The Kier molecular flexibility index (Phi) is 6.23. The van der Waals surface area contributed by atoms with Gasteiger partial charge in [-0.15, -0.1) is 0 Å². The van der Waals surface area contributed by atoms with Crippen molar-refractivity contribution in [1.29, 1.82) is 0 Å². The molecule has 1 aromatic rings. The minimum absolute atomic E-state index is 0.431. The molecule has 3 unspecified atom stereocenters. The number of hydrogen-bond acceptors (Lipinski definition) is 5. The summed E-state index contributed by atoms with van der Waals surface area (Å²) >= 11 is 0. The van der Waals surface area contributed by atoms with Crippen molar-refractivity contribution < 1.29 is 14.2 Å². The summed E-state index contributed by atoms with van der Waals surface area (Å²) in [6.07, 6.45) is 3.81. The first-order chi connectivity index (χ1) is 12.8. The number of rotatable bonds is 13. The second-order valence-corrected chi connectivity index (χ2v) is 7.97. The number of unbranched alkanes of at least 4 members (excludes halogenated alkanes) is 1. The third kappa shape index (κ3) is 6.32. The molecule has 5 nitrogen and oxygen atoms in total. The van der Waals surface area contributed by atoms with Crippen LogP contribution in [-0.4, -0.2) is 74.1 Å². The van der Waals surface area contributed by atoms with Crippen LogP contribution in [0, 0.1) is 0 Å². The van der Waals surface area contributed by atoms with Crippen molar-refractivity contribution in [3.63, 3.8) is 0 Å². The van der Waals surface area contributed by atoms with Crippen LogP contribution >= 0.6 is 0 Å². The molecule has 3 saturated heterocycles. The number of epoxide rings is 3. The fourth-order valence-corrected chi connectivity index (χ4v) is 3.55. The van der Waals surface area contributed by atoms with Gasteiger partial charge in [0.15, 0.2) is 0 Å². The first-order valence-corrected chi connectivity index (χ1v) is 10.2. The molecule has 26 heavy (non-hydrogen) atoms. The molecule has 144 valence electrons. The zero-order chi connectivity index (χ0) is 17.8. The van der Waals surface area contributed by atoms with Crippen molar-refractivity contribution >= 4 is 0 Å². The normalized spacial score (nSPS) is 26.5. The largest absolute Gasteiger partial charge is 0.372 e. The number of nitrogens with zero attached hydrogens (tertiary/aromatic N) is 2. The van der Waals surface area contributed by atoms with E-state index >= 15 is 0 Å². The smallest absolute Gasteiger partial charge is 0.0936 e. The Morgan fingerprint density at radius 2 is 1.35 bits per heavy atom. The van der Waals surface area contributed by atoms with Crippen molar-refractivity contribution in [3.8, 4) is 0 Å². The van der Waals surface area contributed by atoms with Gasteiger partial charge in [-0.3, -0.25) is 9.80 Å². The van der Waals surface area contributed by atoms with Crippen molar-refractivity contribution in [2.45, 2.75) is 51.2 Å². The van der Waals surface area contributed by atoms with Gasteiger partial charge in [0, 0.05) is 32.7 Å². The molecule has 4 rings (SSSR count). The molecule has 3 heterocycles. The van der Waals surface area contributed by atoms with Gasteiger partial charge in [-0.25, -0.2) is 0 Å². The molecule has 0 aromatic heterocycles. The van der Waals surface area contributed by atoms with Crippen LogP contribution in [0.3, 0.4) is 0 Å². The Bertz CT molecular complexity index is 556. The van der Waals surface area contributed by atoms with Crippen LogP contribution in [0.1, 0.15) is 30.9 Å². The Hall–Kier alpha value is -0.980. The standard InChI is InChI=1S/C21H32N2O3/c1-2-3-7-22(11-19-14-24-19)9-17-5-4-6-18(8-17)10-23(12-20-15-25-20)13-21-16-26-21/h4-6,8,19-21H,2-3,7,9-16H2,1H3. The number of ether oxygens (including phenoxy) is 3. The fourth-order valence-electron chi connectivity index (χ4n) is 3.55. The summed E-state index contributed by atoms with van der Waals surface area (Å²) in [5.74, 6) is 0. The summed E-state index contributed by atoms with van der Waals surface area (Å²) in [4.78, 5) is 5.04. The van der Waals surface area contributed by atoms with E-state index in [9.17, 15) is 0 Å². The molecule has 0 N–H and O–H groups in total. The van der Waals surface area contributed by atoms with Crippen molar-refractivity contribution in [2.24, 2.45) is 0 Å². The van der Waals surface area contributed by atoms with E-state index in [1.54, 1.807) is 0 Å². The molecule has 0 radical (unpaired) electrons. The minimum atomic E-state index is 0.431. The lowest BCUT2D eigenvalue weighted by atomic mass is 10.1. The highest BCUT2D eigenvalue weighted by Gasteiger charge is 2.30. The van der Waals surface area contributed by atoms with E-state index in [0.717, 1.165) is 59.1 Å². The maximum Gasteiger partial charge on any atom is 0.0936 e. The predicted molar refractivity (Wildman–Crippen MR) is 101 cm³/mol. The van der Waals surface area contributed by atoms with Gasteiger partial charge in [-0.1, -0.05) is 37.6 Å². The summed E-state index contributed by atoms with van der Waals surface area (Å²) in [5.41, 5.74) is 2.80. The van der Waals surface area contributed by atoms with Crippen molar-refractivity contribution in [3.05, 3.63) is 35.4 Å². The van der Waals surface area contributed by atoms with Crippen LogP contribution in [-0.2, 0) is 27.3 Å². The Morgan fingerprint density at radius 3 is 1.85 bits per heavy atom.